The van der Waals surface area contributed by atoms with Crippen molar-refractivity contribution in [2.45, 2.75) is 6.04 Å². The average molecular weight is 335 g/mol. The highest BCUT2D eigenvalue weighted by molar-refractivity contribution is 6.15. The van der Waals surface area contributed by atoms with Crippen molar-refractivity contribution in [2.24, 2.45) is 26.1 Å². The molecule has 0 spiro atoms. The van der Waals surface area contributed by atoms with Gasteiger partial charge in [0.15, 0.2) is 0 Å². The zero-order chi connectivity index (χ0) is 17.4. The number of alkyl carbamates (subject to hydrolysis) is 1. The molecular formula is C17H13N5O3. The largest absolute Gasteiger partial charge is 0.453 e. The number of methoxy groups -OCH3 is 1. The van der Waals surface area contributed by atoms with Gasteiger partial charge in [0, 0.05) is 5.57 Å². The standard InChI is InChI=1S/C17H13N5O3/c1-25-17(24)20-16-18-12-7-6-9(8-13(12)19-16)14-10-4-2-3-5-11(10)15(23)22-21-14/h2-8,11,13H,1H3,(H,19,20,24). The van der Waals surface area contributed by atoms with E-state index in [1.807, 2.05) is 42.5 Å². The summed E-state index contributed by atoms with van der Waals surface area (Å²) in [5, 5.41) is 10.3. The predicted molar refractivity (Wildman–Crippen MR) is 90.1 cm³/mol. The van der Waals surface area contributed by atoms with E-state index in [9.17, 15) is 9.59 Å². The first-order valence-electron chi connectivity index (χ1n) is 7.62. The van der Waals surface area contributed by atoms with Gasteiger partial charge in [0.2, 0.25) is 5.96 Å². The normalized spacial score (nSPS) is 26.0. The molecule has 2 unspecified atom stereocenters. The number of rotatable bonds is 1. The van der Waals surface area contributed by atoms with Crippen molar-refractivity contribution in [1.29, 1.82) is 0 Å². The number of aliphatic imine (C=N–C) groups is 2. The summed E-state index contributed by atoms with van der Waals surface area (Å²) in [5.41, 5.74) is 2.97. The minimum atomic E-state index is -0.624. The molecule has 0 aromatic heterocycles. The number of hydrogen-bond donors (Lipinski definition) is 1. The van der Waals surface area contributed by atoms with E-state index < -0.39 is 12.0 Å². The first-order valence-corrected chi connectivity index (χ1v) is 7.62. The van der Waals surface area contributed by atoms with Crippen LogP contribution in [-0.4, -0.2) is 36.8 Å². The maximum Gasteiger partial charge on any atom is 0.413 e. The Morgan fingerprint density at radius 3 is 2.92 bits per heavy atom. The van der Waals surface area contributed by atoms with Gasteiger partial charge in [0.05, 0.1) is 24.4 Å². The van der Waals surface area contributed by atoms with Gasteiger partial charge in [-0.25, -0.2) is 14.8 Å². The summed E-state index contributed by atoms with van der Waals surface area (Å²) in [5.74, 6) is -0.471. The second kappa shape index (κ2) is 5.90. The van der Waals surface area contributed by atoms with Gasteiger partial charge in [-0.3, -0.25) is 10.1 Å². The van der Waals surface area contributed by atoms with Gasteiger partial charge < -0.3 is 4.74 Å². The fraction of sp³-hybridized carbons (Fsp3) is 0.176. The number of fused-ring (bicyclic) bond motifs is 2. The summed E-state index contributed by atoms with van der Waals surface area (Å²) in [6.45, 7) is 0. The third-order valence-corrected chi connectivity index (χ3v) is 4.06. The summed E-state index contributed by atoms with van der Waals surface area (Å²) in [6, 6.07) is -0.324. The molecule has 2 aliphatic carbocycles. The fourth-order valence-electron chi connectivity index (χ4n) is 2.86. The predicted octanol–water partition coefficient (Wildman–Crippen LogP) is 2.01. The number of nitrogens with zero attached hydrogens (tertiary/aromatic N) is 4. The maximum absolute atomic E-state index is 11.9. The van der Waals surface area contributed by atoms with Crippen molar-refractivity contribution < 1.29 is 14.3 Å². The molecule has 0 radical (unpaired) electrons. The number of ether oxygens (including phenoxy) is 1. The molecule has 25 heavy (non-hydrogen) atoms. The summed E-state index contributed by atoms with van der Waals surface area (Å²) < 4.78 is 4.54. The molecule has 4 rings (SSSR count). The van der Waals surface area contributed by atoms with Crippen LogP contribution in [0.2, 0.25) is 0 Å². The van der Waals surface area contributed by atoms with Crippen molar-refractivity contribution in [1.82, 2.24) is 5.32 Å². The van der Waals surface area contributed by atoms with Crippen molar-refractivity contribution in [3.05, 3.63) is 59.4 Å². The van der Waals surface area contributed by atoms with E-state index in [0.29, 0.717) is 11.4 Å². The van der Waals surface area contributed by atoms with Crippen LogP contribution in [0.25, 0.3) is 0 Å². The van der Waals surface area contributed by atoms with E-state index in [4.69, 9.17) is 0 Å². The first-order chi connectivity index (χ1) is 12.2. The zero-order valence-corrected chi connectivity index (χ0v) is 13.2. The lowest BCUT2D eigenvalue weighted by molar-refractivity contribution is -0.120. The molecule has 0 aromatic carbocycles. The molecule has 0 saturated heterocycles. The Kier molecular flexibility index (Phi) is 3.57. The van der Waals surface area contributed by atoms with Gasteiger partial charge in [-0.15, -0.1) is 10.2 Å². The number of nitrogens with one attached hydrogen (secondary N) is 1. The lowest BCUT2D eigenvalue weighted by Gasteiger charge is -2.21. The fourth-order valence-corrected chi connectivity index (χ4v) is 2.86. The third-order valence-electron chi connectivity index (χ3n) is 4.06. The number of azo groups is 1. The molecule has 2 atom stereocenters. The lowest BCUT2D eigenvalue weighted by atomic mass is 9.87. The van der Waals surface area contributed by atoms with Gasteiger partial charge in [-0.2, -0.15) is 0 Å². The molecule has 0 bridgehead atoms. The minimum Gasteiger partial charge on any atom is -0.453 e. The number of hydrogen-bond acceptors (Lipinski definition) is 6. The quantitative estimate of drug-likeness (QED) is 0.792. The molecule has 124 valence electrons. The Labute approximate surface area is 142 Å². The second-order valence-electron chi connectivity index (χ2n) is 5.57. The Morgan fingerprint density at radius 2 is 2.08 bits per heavy atom. The van der Waals surface area contributed by atoms with E-state index in [-0.39, 0.29) is 17.9 Å². The van der Waals surface area contributed by atoms with Crippen LogP contribution in [0.1, 0.15) is 0 Å². The topological polar surface area (TPSA) is 105 Å². The second-order valence-corrected chi connectivity index (χ2v) is 5.57. The molecule has 0 fully saturated rings. The molecule has 2 aliphatic heterocycles. The van der Waals surface area contributed by atoms with Gasteiger partial charge in [0.25, 0.3) is 5.91 Å². The SMILES string of the molecule is COC(=O)NC1=NC2C=C(C3=C4C=CC=CC4C(=O)N=N3)C=CC2=N1. The number of carbonyl (C=O) groups excluding carboxylic acids is 2. The van der Waals surface area contributed by atoms with Crippen molar-refractivity contribution >= 4 is 23.7 Å². The van der Waals surface area contributed by atoms with E-state index in [1.165, 1.54) is 7.11 Å². The van der Waals surface area contributed by atoms with E-state index >= 15 is 0 Å². The minimum absolute atomic E-state index is 0.200. The van der Waals surface area contributed by atoms with Crippen LogP contribution >= 0.6 is 0 Å². The summed E-state index contributed by atoms with van der Waals surface area (Å²) in [4.78, 5) is 31.8. The van der Waals surface area contributed by atoms with Crippen LogP contribution in [0, 0.1) is 5.92 Å². The third kappa shape index (κ3) is 2.67. The van der Waals surface area contributed by atoms with Crippen molar-refractivity contribution in [3.63, 3.8) is 0 Å². The highest BCUT2D eigenvalue weighted by Gasteiger charge is 2.30. The van der Waals surface area contributed by atoms with E-state index in [1.54, 1.807) is 0 Å². The van der Waals surface area contributed by atoms with Crippen molar-refractivity contribution in [2.75, 3.05) is 7.11 Å². The number of allylic oxidation sites excluding steroid dienone is 4. The summed E-state index contributed by atoms with van der Waals surface area (Å²) in [6.07, 6.45) is 12.3. The lowest BCUT2D eigenvalue weighted by Crippen LogP contribution is -2.28. The highest BCUT2D eigenvalue weighted by Crippen LogP contribution is 2.34. The molecule has 8 heteroatoms. The number of guanidine groups is 1. The van der Waals surface area contributed by atoms with Gasteiger partial charge in [-0.05, 0) is 17.7 Å². The van der Waals surface area contributed by atoms with Gasteiger partial charge in [-0.1, -0.05) is 30.4 Å². The summed E-state index contributed by atoms with van der Waals surface area (Å²) >= 11 is 0. The Hall–Kier alpha value is -3.42. The van der Waals surface area contributed by atoms with Crippen molar-refractivity contribution in [3.8, 4) is 0 Å². The van der Waals surface area contributed by atoms with Gasteiger partial charge >= 0.3 is 6.09 Å². The van der Waals surface area contributed by atoms with Crippen LogP contribution < -0.4 is 5.32 Å². The molecular weight excluding hydrogens is 322 g/mol. The average Bonchev–Trinajstić information content (AvgIpc) is 3.03. The van der Waals surface area contributed by atoms with Crippen LogP contribution in [0.4, 0.5) is 4.79 Å². The molecule has 2 amide bonds. The number of carbonyl (C=O) groups is 2. The van der Waals surface area contributed by atoms with Gasteiger partial charge in [0.1, 0.15) is 6.04 Å². The maximum atomic E-state index is 11.9. The molecule has 0 aromatic rings. The Bertz CT molecular complexity index is 915. The van der Waals surface area contributed by atoms with Crippen LogP contribution in [0.5, 0.6) is 0 Å². The molecule has 8 nitrogen and oxygen atoms in total. The first kappa shape index (κ1) is 15.1. The number of amides is 2. The molecule has 0 saturated carbocycles. The van der Waals surface area contributed by atoms with Crippen LogP contribution in [0.3, 0.4) is 0 Å². The molecule has 1 N–H and O–H groups in total. The Balaban J connectivity index is 1.66. The zero-order valence-electron chi connectivity index (χ0n) is 13.2. The Morgan fingerprint density at radius 1 is 1.20 bits per heavy atom. The highest BCUT2D eigenvalue weighted by atomic mass is 16.5. The molecule has 4 aliphatic rings. The van der Waals surface area contributed by atoms with E-state index in [2.05, 4.69) is 30.3 Å². The summed E-state index contributed by atoms with van der Waals surface area (Å²) in [7, 11) is 1.27. The van der Waals surface area contributed by atoms with E-state index in [0.717, 1.165) is 11.1 Å². The van der Waals surface area contributed by atoms with Crippen LogP contribution in [-0.2, 0) is 9.53 Å². The monoisotopic (exact) mass is 335 g/mol. The smallest absolute Gasteiger partial charge is 0.413 e. The molecule has 2 heterocycles. The van der Waals surface area contributed by atoms with Crippen LogP contribution in [0.15, 0.2) is 79.6 Å².